The van der Waals surface area contributed by atoms with Crippen molar-refractivity contribution >= 4 is 76.0 Å². The predicted octanol–water partition coefficient (Wildman–Crippen LogP) is 16.3. The Morgan fingerprint density at radius 3 is 2.06 bits per heavy atom. The summed E-state index contributed by atoms with van der Waals surface area (Å²) in [6.07, 6.45) is 1.83. The molecule has 1 atom stereocenters. The second kappa shape index (κ2) is 14.1. The van der Waals surface area contributed by atoms with E-state index in [9.17, 15) is 0 Å². The summed E-state index contributed by atoms with van der Waals surface area (Å²) in [6, 6.07) is 71.6. The molecule has 12 aromatic rings. The minimum absolute atomic E-state index is 0.0265. The zero-order valence-electron chi connectivity index (χ0n) is 34.6. The molecule has 1 aliphatic carbocycles. The lowest BCUT2D eigenvalue weighted by molar-refractivity contribution is 0.685. The summed E-state index contributed by atoms with van der Waals surface area (Å²) in [7, 11) is 0. The summed E-state index contributed by atoms with van der Waals surface area (Å²) in [4.78, 5) is 14.9. The molecule has 3 nitrogen and oxygen atoms in total. The van der Waals surface area contributed by atoms with Gasteiger partial charge in [0.2, 0.25) is 0 Å². The standard InChI is InChI=1S/C59H37N3S2/c1-2-14-35(15-3-1)36-28-30-38(31-29-36)55-54-46-20-8-10-25-50(46)64-59(54)61-58(60-55)45-33-32-37-16-4-5-17-39(37)53-41(45)21-12-22-42(53)47-34-48-44-23-13-27-52-57(44)62(49-24-9-11-26-51(49)63-52)56(48)43-19-7-6-18-40(43)47/h1-31,34,45H,32-33H2. The van der Waals surface area contributed by atoms with E-state index in [1.54, 1.807) is 11.3 Å². The van der Waals surface area contributed by atoms with Crippen LogP contribution in [-0.4, -0.2) is 14.5 Å². The highest BCUT2D eigenvalue weighted by Crippen LogP contribution is 2.52. The maximum Gasteiger partial charge on any atom is 0.138 e. The van der Waals surface area contributed by atoms with Crippen LogP contribution in [0.3, 0.4) is 0 Å². The second-order valence-corrected chi connectivity index (χ2v) is 19.2. The first kappa shape index (κ1) is 36.2. The monoisotopic (exact) mass is 851 g/mol. The third kappa shape index (κ3) is 5.35. The number of aromatic nitrogens is 3. The van der Waals surface area contributed by atoms with Crippen molar-refractivity contribution in [3.05, 3.63) is 211 Å². The van der Waals surface area contributed by atoms with Gasteiger partial charge in [0.1, 0.15) is 10.7 Å². The van der Waals surface area contributed by atoms with Crippen molar-refractivity contribution in [2.24, 2.45) is 0 Å². The highest BCUT2D eigenvalue weighted by Gasteiger charge is 2.31. The molecule has 64 heavy (non-hydrogen) atoms. The van der Waals surface area contributed by atoms with Crippen molar-refractivity contribution in [3.63, 3.8) is 0 Å². The van der Waals surface area contributed by atoms with Gasteiger partial charge in [-0.2, -0.15) is 0 Å². The number of hydrogen-bond acceptors (Lipinski definition) is 4. The van der Waals surface area contributed by atoms with Crippen molar-refractivity contribution in [1.29, 1.82) is 0 Å². The van der Waals surface area contributed by atoms with E-state index in [4.69, 9.17) is 9.97 Å². The molecular weight excluding hydrogens is 815 g/mol. The third-order valence-corrected chi connectivity index (χ3v) is 15.8. The van der Waals surface area contributed by atoms with Crippen LogP contribution >= 0.6 is 23.1 Å². The fourth-order valence-corrected chi connectivity index (χ4v) is 13.0. The zero-order chi connectivity index (χ0) is 41.9. The largest absolute Gasteiger partial charge is 0.306 e. The molecule has 0 saturated carbocycles. The van der Waals surface area contributed by atoms with E-state index in [1.165, 1.54) is 103 Å². The number of nitrogens with zero attached hydrogens (tertiary/aromatic N) is 3. The lowest BCUT2D eigenvalue weighted by Crippen LogP contribution is -2.09. The summed E-state index contributed by atoms with van der Waals surface area (Å²) < 4.78 is 3.76. The van der Waals surface area contributed by atoms with Gasteiger partial charge in [-0.05, 0) is 93.1 Å². The molecular formula is C59H37N3S2. The molecule has 14 rings (SSSR count). The van der Waals surface area contributed by atoms with Crippen LogP contribution in [0, 0.1) is 0 Å². The van der Waals surface area contributed by atoms with Crippen LogP contribution in [0.5, 0.6) is 0 Å². The lowest BCUT2D eigenvalue weighted by atomic mass is 9.83. The number of aryl methyl sites for hydroxylation is 1. The van der Waals surface area contributed by atoms with Gasteiger partial charge in [0, 0.05) is 52.9 Å². The van der Waals surface area contributed by atoms with E-state index < -0.39 is 0 Å². The number of rotatable bonds is 4. The second-order valence-electron chi connectivity index (χ2n) is 17.1. The van der Waals surface area contributed by atoms with E-state index in [-0.39, 0.29) is 5.92 Å². The minimum Gasteiger partial charge on any atom is -0.306 e. The van der Waals surface area contributed by atoms with Crippen LogP contribution in [0.15, 0.2) is 204 Å². The molecule has 0 bridgehead atoms. The number of fused-ring (bicyclic) bond motifs is 13. The molecule has 4 heterocycles. The van der Waals surface area contributed by atoms with Crippen LogP contribution in [-0.2, 0) is 6.42 Å². The fourth-order valence-electron chi connectivity index (χ4n) is 10.8. The van der Waals surface area contributed by atoms with Gasteiger partial charge in [-0.15, -0.1) is 11.3 Å². The first-order valence-electron chi connectivity index (χ1n) is 22.1. The quantitative estimate of drug-likeness (QED) is 0.177. The van der Waals surface area contributed by atoms with Crippen molar-refractivity contribution in [2.75, 3.05) is 0 Å². The molecule has 0 radical (unpaired) electrons. The molecule has 9 aromatic carbocycles. The summed E-state index contributed by atoms with van der Waals surface area (Å²) >= 11 is 3.65. The van der Waals surface area contributed by atoms with Gasteiger partial charge in [0.05, 0.1) is 22.4 Å². The van der Waals surface area contributed by atoms with Gasteiger partial charge in [-0.3, -0.25) is 0 Å². The van der Waals surface area contributed by atoms with E-state index in [2.05, 4.69) is 199 Å². The molecule has 0 N–H and O–H groups in total. The first-order chi connectivity index (χ1) is 31.7. The van der Waals surface area contributed by atoms with Crippen molar-refractivity contribution < 1.29 is 0 Å². The van der Waals surface area contributed by atoms with Gasteiger partial charge in [0.25, 0.3) is 0 Å². The first-order valence-corrected chi connectivity index (χ1v) is 23.7. The van der Waals surface area contributed by atoms with Crippen LogP contribution in [0.2, 0.25) is 0 Å². The molecule has 0 spiro atoms. The maximum atomic E-state index is 5.69. The molecule has 0 saturated heterocycles. The van der Waals surface area contributed by atoms with Crippen LogP contribution in [0.4, 0.5) is 0 Å². The highest BCUT2D eigenvalue weighted by atomic mass is 32.2. The average Bonchev–Trinajstić information content (AvgIpc) is 3.85. The zero-order valence-corrected chi connectivity index (χ0v) is 36.3. The summed E-state index contributed by atoms with van der Waals surface area (Å²) in [5, 5.41) is 7.42. The van der Waals surface area contributed by atoms with E-state index in [0.717, 1.165) is 40.1 Å². The summed E-state index contributed by atoms with van der Waals surface area (Å²) in [5.74, 6) is 0.860. The fraction of sp³-hybridized carbons (Fsp3) is 0.0508. The number of thiophene rings is 1. The van der Waals surface area contributed by atoms with Crippen molar-refractivity contribution in [3.8, 4) is 50.3 Å². The van der Waals surface area contributed by atoms with Gasteiger partial charge in [0.15, 0.2) is 0 Å². The van der Waals surface area contributed by atoms with Gasteiger partial charge in [-0.1, -0.05) is 176 Å². The van der Waals surface area contributed by atoms with Gasteiger partial charge in [-0.25, -0.2) is 9.97 Å². The van der Waals surface area contributed by atoms with Gasteiger partial charge >= 0.3 is 0 Å². The number of benzene rings is 9. The Morgan fingerprint density at radius 1 is 0.484 bits per heavy atom. The molecule has 300 valence electrons. The summed E-state index contributed by atoms with van der Waals surface area (Å²) in [6.45, 7) is 0. The smallest absolute Gasteiger partial charge is 0.138 e. The van der Waals surface area contributed by atoms with Crippen LogP contribution in [0.1, 0.15) is 29.3 Å². The van der Waals surface area contributed by atoms with E-state index >= 15 is 0 Å². The van der Waals surface area contributed by atoms with Crippen LogP contribution < -0.4 is 0 Å². The van der Waals surface area contributed by atoms with E-state index in [1.807, 2.05) is 11.8 Å². The molecule has 3 aromatic heterocycles. The minimum atomic E-state index is -0.0265. The highest BCUT2D eigenvalue weighted by molar-refractivity contribution is 7.99. The molecule has 1 aliphatic heterocycles. The SMILES string of the molecule is c1ccc(-c2ccc(-c3nc(C4CCc5ccccc5-c5c(-c6cc7c8cccc9c8n(c7c7ccccc67)-c6ccccc6S9)cccc54)nc4sc5ccccc5c34)cc2)cc1. The van der Waals surface area contributed by atoms with Crippen molar-refractivity contribution in [1.82, 2.24) is 14.5 Å². The Morgan fingerprint density at radius 2 is 1.16 bits per heavy atom. The van der Waals surface area contributed by atoms with Crippen LogP contribution in [0.25, 0.3) is 103 Å². The Balaban J connectivity index is 1.02. The Hall–Kier alpha value is -7.31. The molecule has 1 unspecified atom stereocenters. The molecule has 0 fully saturated rings. The topological polar surface area (TPSA) is 30.7 Å². The predicted molar refractivity (Wildman–Crippen MR) is 269 cm³/mol. The maximum absolute atomic E-state index is 5.69. The number of para-hydroxylation sites is 2. The Bertz CT molecular complexity index is 3880. The lowest BCUT2D eigenvalue weighted by Gasteiger charge is -2.22. The number of hydrogen-bond donors (Lipinski definition) is 0. The molecule has 2 aliphatic rings. The molecule has 5 heteroatoms. The van der Waals surface area contributed by atoms with Crippen molar-refractivity contribution in [2.45, 2.75) is 28.6 Å². The van der Waals surface area contributed by atoms with E-state index in [0.29, 0.717) is 0 Å². The normalized spacial score (nSPS) is 14.2. The summed E-state index contributed by atoms with van der Waals surface area (Å²) in [5.41, 5.74) is 16.0. The Kier molecular flexibility index (Phi) is 7.98. The van der Waals surface area contributed by atoms with Gasteiger partial charge < -0.3 is 4.57 Å². The average molecular weight is 852 g/mol. The third-order valence-electron chi connectivity index (χ3n) is 13.7. The molecule has 0 amide bonds. The Labute approximate surface area is 378 Å².